The molecule has 0 spiro atoms. The summed E-state index contributed by atoms with van der Waals surface area (Å²) in [6.45, 7) is 1.74. The Kier molecular flexibility index (Phi) is 2.74. The van der Waals surface area contributed by atoms with Gasteiger partial charge in [0.1, 0.15) is 11.6 Å². The van der Waals surface area contributed by atoms with Crippen LogP contribution < -0.4 is 0 Å². The van der Waals surface area contributed by atoms with Crippen molar-refractivity contribution in [1.82, 2.24) is 4.90 Å². The van der Waals surface area contributed by atoms with E-state index in [2.05, 4.69) is 9.64 Å². The van der Waals surface area contributed by atoms with Gasteiger partial charge in [0.2, 0.25) is 0 Å². The van der Waals surface area contributed by atoms with E-state index in [0.717, 1.165) is 25.1 Å². The molecule has 1 aliphatic heterocycles. The Labute approximate surface area is 89.1 Å². The molecule has 0 aromatic heterocycles. The standard InChI is InChI=1S/C11H14N2O2/c1-15-11(14)10(6-12)8-4-5-13(7-8)9-2-3-9/h9H,2-5,7H2,1H3/b10-8+. The number of likely N-dealkylation sites (tertiary alicyclic amines) is 1. The molecule has 0 radical (unpaired) electrons. The van der Waals surface area contributed by atoms with Crippen molar-refractivity contribution in [2.75, 3.05) is 20.2 Å². The molecule has 2 rings (SSSR count). The summed E-state index contributed by atoms with van der Waals surface area (Å²) in [5, 5.41) is 8.90. The van der Waals surface area contributed by atoms with Crippen LogP contribution >= 0.6 is 0 Å². The third-order valence-electron chi connectivity index (χ3n) is 3.01. The lowest BCUT2D eigenvalue weighted by atomic mass is 10.1. The normalized spacial score (nSPS) is 24.8. The fraction of sp³-hybridized carbons (Fsp3) is 0.636. The highest BCUT2D eigenvalue weighted by molar-refractivity contribution is 5.93. The second kappa shape index (κ2) is 4.03. The van der Waals surface area contributed by atoms with E-state index >= 15 is 0 Å². The van der Waals surface area contributed by atoms with E-state index in [4.69, 9.17) is 5.26 Å². The number of ether oxygens (including phenoxy) is 1. The average Bonchev–Trinajstić information content (AvgIpc) is 3.00. The number of esters is 1. The highest BCUT2D eigenvalue weighted by atomic mass is 16.5. The van der Waals surface area contributed by atoms with Gasteiger partial charge in [0.15, 0.2) is 0 Å². The van der Waals surface area contributed by atoms with Gasteiger partial charge < -0.3 is 4.74 Å². The Balaban J connectivity index is 2.11. The first-order valence-electron chi connectivity index (χ1n) is 5.20. The molecule has 0 amide bonds. The van der Waals surface area contributed by atoms with Crippen molar-refractivity contribution in [3.8, 4) is 6.07 Å². The van der Waals surface area contributed by atoms with E-state index in [0.29, 0.717) is 6.04 Å². The van der Waals surface area contributed by atoms with E-state index in [-0.39, 0.29) is 5.57 Å². The third-order valence-corrected chi connectivity index (χ3v) is 3.01. The molecule has 0 atom stereocenters. The molecule has 1 heterocycles. The number of hydrogen-bond acceptors (Lipinski definition) is 4. The fourth-order valence-corrected chi connectivity index (χ4v) is 2.01. The molecule has 15 heavy (non-hydrogen) atoms. The van der Waals surface area contributed by atoms with E-state index in [1.54, 1.807) is 0 Å². The zero-order valence-electron chi connectivity index (χ0n) is 8.82. The van der Waals surface area contributed by atoms with Crippen molar-refractivity contribution in [3.63, 3.8) is 0 Å². The smallest absolute Gasteiger partial charge is 0.348 e. The molecule has 0 aromatic carbocycles. The van der Waals surface area contributed by atoms with Crippen LogP contribution in [0.15, 0.2) is 11.1 Å². The van der Waals surface area contributed by atoms with Crippen molar-refractivity contribution in [2.45, 2.75) is 25.3 Å². The first-order valence-corrected chi connectivity index (χ1v) is 5.20. The van der Waals surface area contributed by atoms with Gasteiger partial charge in [-0.1, -0.05) is 0 Å². The summed E-state index contributed by atoms with van der Waals surface area (Å²) in [5.74, 6) is -0.495. The molecule has 80 valence electrons. The summed E-state index contributed by atoms with van der Waals surface area (Å²) in [5.41, 5.74) is 1.15. The molecule has 1 aliphatic carbocycles. The number of nitriles is 1. The van der Waals surface area contributed by atoms with E-state index in [1.165, 1.54) is 20.0 Å². The Morgan fingerprint density at radius 1 is 1.60 bits per heavy atom. The van der Waals surface area contributed by atoms with E-state index in [1.807, 2.05) is 6.07 Å². The first-order chi connectivity index (χ1) is 7.26. The summed E-state index contributed by atoms with van der Waals surface area (Å²) in [7, 11) is 1.31. The molecule has 0 N–H and O–H groups in total. The molecular formula is C11H14N2O2. The van der Waals surface area contributed by atoms with E-state index in [9.17, 15) is 4.79 Å². The molecule has 1 saturated carbocycles. The number of carbonyl (C=O) groups excluding carboxylic acids is 1. The topological polar surface area (TPSA) is 53.3 Å². The van der Waals surface area contributed by atoms with Gasteiger partial charge in [-0.25, -0.2) is 4.79 Å². The molecule has 4 nitrogen and oxygen atoms in total. The quantitative estimate of drug-likeness (QED) is 0.382. The second-order valence-corrected chi connectivity index (χ2v) is 4.03. The van der Waals surface area contributed by atoms with Gasteiger partial charge >= 0.3 is 5.97 Å². The predicted octanol–water partition coefficient (Wildman–Crippen LogP) is 0.848. The largest absolute Gasteiger partial charge is 0.465 e. The molecule has 2 fully saturated rings. The van der Waals surface area contributed by atoms with Crippen LogP contribution in [0.25, 0.3) is 0 Å². The molecule has 0 bridgehead atoms. The number of hydrogen-bond donors (Lipinski definition) is 0. The fourth-order valence-electron chi connectivity index (χ4n) is 2.01. The monoisotopic (exact) mass is 206 g/mol. The summed E-state index contributed by atoms with van der Waals surface area (Å²) in [6.07, 6.45) is 3.34. The highest BCUT2D eigenvalue weighted by Gasteiger charge is 2.34. The van der Waals surface area contributed by atoms with Crippen molar-refractivity contribution < 1.29 is 9.53 Å². The lowest BCUT2D eigenvalue weighted by Gasteiger charge is -2.11. The lowest BCUT2D eigenvalue weighted by molar-refractivity contribution is -0.135. The van der Waals surface area contributed by atoms with Crippen molar-refractivity contribution >= 4 is 5.97 Å². The Bertz CT molecular complexity index is 350. The van der Waals surface area contributed by atoms with Gasteiger partial charge in [-0.3, -0.25) is 4.90 Å². The van der Waals surface area contributed by atoms with E-state index < -0.39 is 5.97 Å². The Morgan fingerprint density at radius 3 is 2.87 bits per heavy atom. The predicted molar refractivity (Wildman–Crippen MR) is 53.9 cm³/mol. The van der Waals surface area contributed by atoms with Gasteiger partial charge in [0.25, 0.3) is 0 Å². The van der Waals surface area contributed by atoms with Gasteiger partial charge in [0.05, 0.1) is 7.11 Å². The van der Waals surface area contributed by atoms with Gasteiger partial charge in [-0.2, -0.15) is 5.26 Å². The number of methoxy groups -OCH3 is 1. The third kappa shape index (κ3) is 2.02. The van der Waals surface area contributed by atoms with Gasteiger partial charge in [-0.05, 0) is 24.8 Å². The van der Waals surface area contributed by atoms with Crippen LogP contribution in [0.4, 0.5) is 0 Å². The van der Waals surface area contributed by atoms with Crippen LogP contribution in [0.3, 0.4) is 0 Å². The zero-order chi connectivity index (χ0) is 10.8. The Hall–Kier alpha value is -1.34. The van der Waals surface area contributed by atoms with Crippen LogP contribution in [0, 0.1) is 11.3 Å². The minimum Gasteiger partial charge on any atom is -0.465 e. The molecule has 4 heteroatoms. The SMILES string of the molecule is COC(=O)/C(C#N)=C1\CCN(C2CC2)C1. The van der Waals surface area contributed by atoms with Crippen molar-refractivity contribution in [2.24, 2.45) is 0 Å². The summed E-state index contributed by atoms with van der Waals surface area (Å²) in [4.78, 5) is 13.6. The summed E-state index contributed by atoms with van der Waals surface area (Å²) in [6, 6.07) is 2.65. The number of rotatable bonds is 2. The Morgan fingerprint density at radius 2 is 2.33 bits per heavy atom. The maximum Gasteiger partial charge on any atom is 0.348 e. The molecule has 2 aliphatic rings. The van der Waals surface area contributed by atoms with Crippen LogP contribution in [-0.2, 0) is 9.53 Å². The van der Waals surface area contributed by atoms with Gasteiger partial charge in [-0.15, -0.1) is 0 Å². The minimum absolute atomic E-state index is 0.209. The van der Waals surface area contributed by atoms with Crippen LogP contribution in [-0.4, -0.2) is 37.1 Å². The molecular weight excluding hydrogens is 192 g/mol. The second-order valence-electron chi connectivity index (χ2n) is 4.03. The maximum absolute atomic E-state index is 11.3. The van der Waals surface area contributed by atoms with Gasteiger partial charge in [0, 0.05) is 19.1 Å². The summed E-state index contributed by atoms with van der Waals surface area (Å²) < 4.78 is 4.59. The van der Waals surface area contributed by atoms with Crippen LogP contribution in [0.2, 0.25) is 0 Å². The minimum atomic E-state index is -0.495. The maximum atomic E-state index is 11.3. The average molecular weight is 206 g/mol. The van der Waals surface area contributed by atoms with Crippen LogP contribution in [0.1, 0.15) is 19.3 Å². The van der Waals surface area contributed by atoms with Crippen molar-refractivity contribution in [1.29, 1.82) is 5.26 Å². The lowest BCUT2D eigenvalue weighted by Crippen LogP contribution is -2.21. The number of carbonyl (C=O) groups is 1. The molecule has 1 saturated heterocycles. The number of nitrogens with zero attached hydrogens (tertiary/aromatic N) is 2. The first kappa shape index (κ1) is 10.2. The highest BCUT2D eigenvalue weighted by Crippen LogP contribution is 2.32. The van der Waals surface area contributed by atoms with Crippen LogP contribution in [0.5, 0.6) is 0 Å². The zero-order valence-corrected chi connectivity index (χ0v) is 8.82. The summed E-state index contributed by atoms with van der Waals surface area (Å²) >= 11 is 0. The molecule has 0 unspecified atom stereocenters. The van der Waals surface area contributed by atoms with Crippen molar-refractivity contribution in [3.05, 3.63) is 11.1 Å². The molecule has 0 aromatic rings.